The highest BCUT2D eigenvalue weighted by Gasteiger charge is 2.15. The number of amides is 1. The van der Waals surface area contributed by atoms with Crippen molar-refractivity contribution in [2.24, 2.45) is 11.7 Å². The summed E-state index contributed by atoms with van der Waals surface area (Å²) in [6.45, 7) is 3.55. The van der Waals surface area contributed by atoms with Gasteiger partial charge in [0.15, 0.2) is 9.84 Å². The molecule has 11 heavy (non-hydrogen) atoms. The standard InChI is InChI=1S/C6H13NO3S/c1-5(2)3-11(9,10)4-6(7)8/h5H,3-4H2,1-2H3,(H2,7,8). The van der Waals surface area contributed by atoms with Crippen molar-refractivity contribution in [1.29, 1.82) is 0 Å². The summed E-state index contributed by atoms with van der Waals surface area (Å²) in [6, 6.07) is 0. The van der Waals surface area contributed by atoms with Gasteiger partial charge in [0.2, 0.25) is 5.91 Å². The van der Waals surface area contributed by atoms with Gasteiger partial charge in [-0.1, -0.05) is 13.8 Å². The summed E-state index contributed by atoms with van der Waals surface area (Å²) in [5, 5.41) is 0. The van der Waals surface area contributed by atoms with Gasteiger partial charge in [0.05, 0.1) is 5.75 Å². The second-order valence-electron chi connectivity index (χ2n) is 2.91. The monoisotopic (exact) mass is 179 g/mol. The zero-order chi connectivity index (χ0) is 9.07. The lowest BCUT2D eigenvalue weighted by molar-refractivity contribution is -0.115. The lowest BCUT2D eigenvalue weighted by Gasteiger charge is -2.03. The molecule has 4 nitrogen and oxygen atoms in total. The highest BCUT2D eigenvalue weighted by Crippen LogP contribution is 1.99. The molecule has 2 N–H and O–H groups in total. The second kappa shape index (κ2) is 3.71. The summed E-state index contributed by atoms with van der Waals surface area (Å²) in [4.78, 5) is 10.2. The summed E-state index contributed by atoms with van der Waals surface area (Å²) < 4.78 is 21.9. The van der Waals surface area contributed by atoms with E-state index in [2.05, 4.69) is 0 Å². The molecule has 0 rings (SSSR count). The Morgan fingerprint density at radius 1 is 1.45 bits per heavy atom. The fourth-order valence-corrected chi connectivity index (χ4v) is 2.35. The highest BCUT2D eigenvalue weighted by molar-refractivity contribution is 7.92. The molecule has 0 fully saturated rings. The van der Waals surface area contributed by atoms with E-state index in [9.17, 15) is 13.2 Å². The fourth-order valence-electron chi connectivity index (χ4n) is 0.784. The molecule has 0 bridgehead atoms. The first kappa shape index (κ1) is 10.4. The van der Waals surface area contributed by atoms with Gasteiger partial charge in [0.1, 0.15) is 5.75 Å². The number of carbonyl (C=O) groups excluding carboxylic acids is 1. The molecule has 5 heteroatoms. The SMILES string of the molecule is CC(C)CS(=O)(=O)CC(N)=O. The molecule has 0 saturated carbocycles. The van der Waals surface area contributed by atoms with Crippen LogP contribution in [-0.4, -0.2) is 25.8 Å². The zero-order valence-corrected chi connectivity index (χ0v) is 7.52. The smallest absolute Gasteiger partial charge is 0.232 e. The van der Waals surface area contributed by atoms with Crippen molar-refractivity contribution < 1.29 is 13.2 Å². The molecule has 0 radical (unpaired) electrons. The Balaban J connectivity index is 4.14. The molecule has 0 saturated heterocycles. The summed E-state index contributed by atoms with van der Waals surface area (Å²) in [6.07, 6.45) is 0. The lowest BCUT2D eigenvalue weighted by atomic mass is 10.3. The van der Waals surface area contributed by atoms with Crippen LogP contribution in [0.2, 0.25) is 0 Å². The predicted molar refractivity (Wildman–Crippen MR) is 42.7 cm³/mol. The van der Waals surface area contributed by atoms with Crippen LogP contribution in [0.4, 0.5) is 0 Å². The van der Waals surface area contributed by atoms with E-state index in [-0.39, 0.29) is 11.7 Å². The van der Waals surface area contributed by atoms with Gasteiger partial charge in [-0.3, -0.25) is 4.79 Å². The molecule has 0 aromatic heterocycles. The molecular weight excluding hydrogens is 166 g/mol. The van der Waals surface area contributed by atoms with Crippen molar-refractivity contribution in [1.82, 2.24) is 0 Å². The van der Waals surface area contributed by atoms with Gasteiger partial charge in [-0.15, -0.1) is 0 Å². The van der Waals surface area contributed by atoms with Crippen molar-refractivity contribution in [3.8, 4) is 0 Å². The molecule has 0 unspecified atom stereocenters. The van der Waals surface area contributed by atoms with Crippen molar-refractivity contribution in [2.45, 2.75) is 13.8 Å². The van der Waals surface area contributed by atoms with Crippen LogP contribution < -0.4 is 5.73 Å². The fraction of sp³-hybridized carbons (Fsp3) is 0.833. The second-order valence-corrected chi connectivity index (χ2v) is 5.02. The predicted octanol–water partition coefficient (Wildman–Crippen LogP) is -0.457. The molecule has 1 amide bonds. The van der Waals surface area contributed by atoms with Gasteiger partial charge in [0.25, 0.3) is 0 Å². The largest absolute Gasteiger partial charge is 0.369 e. The Morgan fingerprint density at radius 3 is 2.18 bits per heavy atom. The number of hydrogen-bond acceptors (Lipinski definition) is 3. The third kappa shape index (κ3) is 5.84. The number of hydrogen-bond donors (Lipinski definition) is 1. The molecule has 0 atom stereocenters. The molecule has 0 aliphatic heterocycles. The van der Waals surface area contributed by atoms with Gasteiger partial charge in [-0.25, -0.2) is 8.42 Å². The summed E-state index contributed by atoms with van der Waals surface area (Å²) in [7, 11) is -3.25. The van der Waals surface area contributed by atoms with Crippen molar-refractivity contribution in [3.05, 3.63) is 0 Å². The average Bonchev–Trinajstić information content (AvgIpc) is 1.53. The molecule has 0 aromatic rings. The topological polar surface area (TPSA) is 77.2 Å². The van der Waals surface area contributed by atoms with E-state index in [1.807, 2.05) is 0 Å². The third-order valence-corrected chi connectivity index (χ3v) is 2.85. The van der Waals surface area contributed by atoms with Crippen LogP contribution in [0.1, 0.15) is 13.8 Å². The normalized spacial score (nSPS) is 11.9. The van der Waals surface area contributed by atoms with Gasteiger partial charge in [-0.2, -0.15) is 0 Å². The third-order valence-electron chi connectivity index (χ3n) is 0.949. The maximum atomic E-state index is 11.0. The van der Waals surface area contributed by atoms with E-state index in [4.69, 9.17) is 5.73 Å². The Kier molecular flexibility index (Phi) is 3.51. The first-order chi connectivity index (χ1) is 4.83. The number of rotatable bonds is 4. The number of carbonyl (C=O) groups is 1. The van der Waals surface area contributed by atoms with E-state index >= 15 is 0 Å². The molecular formula is C6H13NO3S. The van der Waals surface area contributed by atoms with Crippen molar-refractivity contribution in [2.75, 3.05) is 11.5 Å². The summed E-state index contributed by atoms with van der Waals surface area (Å²) >= 11 is 0. The number of primary amides is 1. The zero-order valence-electron chi connectivity index (χ0n) is 6.70. The van der Waals surface area contributed by atoms with E-state index in [1.165, 1.54) is 0 Å². The first-order valence-electron chi connectivity index (χ1n) is 3.32. The van der Waals surface area contributed by atoms with Gasteiger partial charge >= 0.3 is 0 Å². The molecule has 0 aliphatic rings. The number of nitrogens with two attached hydrogens (primary N) is 1. The van der Waals surface area contributed by atoms with Crippen molar-refractivity contribution >= 4 is 15.7 Å². The summed E-state index contributed by atoms with van der Waals surface area (Å²) in [5.41, 5.74) is 4.74. The van der Waals surface area contributed by atoms with Crippen LogP contribution >= 0.6 is 0 Å². The van der Waals surface area contributed by atoms with Crippen LogP contribution in [0, 0.1) is 5.92 Å². The Bertz CT molecular complexity index is 230. The van der Waals surface area contributed by atoms with Crippen LogP contribution in [-0.2, 0) is 14.6 Å². The van der Waals surface area contributed by atoms with Crippen LogP contribution in [0.25, 0.3) is 0 Å². The van der Waals surface area contributed by atoms with E-state index in [1.54, 1.807) is 13.8 Å². The first-order valence-corrected chi connectivity index (χ1v) is 5.14. The Morgan fingerprint density at radius 2 is 1.91 bits per heavy atom. The Hall–Kier alpha value is -0.580. The highest BCUT2D eigenvalue weighted by atomic mass is 32.2. The minimum Gasteiger partial charge on any atom is -0.369 e. The maximum absolute atomic E-state index is 11.0. The molecule has 0 spiro atoms. The lowest BCUT2D eigenvalue weighted by Crippen LogP contribution is -2.26. The summed E-state index contributed by atoms with van der Waals surface area (Å²) in [5.74, 6) is -1.26. The van der Waals surface area contributed by atoms with Crippen LogP contribution in [0.5, 0.6) is 0 Å². The van der Waals surface area contributed by atoms with Gasteiger partial charge in [0, 0.05) is 0 Å². The number of sulfone groups is 1. The van der Waals surface area contributed by atoms with Crippen molar-refractivity contribution in [3.63, 3.8) is 0 Å². The average molecular weight is 179 g/mol. The molecule has 66 valence electrons. The minimum atomic E-state index is -3.25. The molecule has 0 heterocycles. The van der Waals surface area contributed by atoms with Gasteiger partial charge < -0.3 is 5.73 Å². The minimum absolute atomic E-state index is 0.0237. The maximum Gasteiger partial charge on any atom is 0.232 e. The van der Waals surface area contributed by atoms with E-state index in [0.29, 0.717) is 0 Å². The molecule has 0 aromatic carbocycles. The van der Waals surface area contributed by atoms with Crippen LogP contribution in [0.15, 0.2) is 0 Å². The van der Waals surface area contributed by atoms with E-state index < -0.39 is 21.5 Å². The quantitative estimate of drug-likeness (QED) is 0.634. The van der Waals surface area contributed by atoms with Crippen LogP contribution in [0.3, 0.4) is 0 Å². The molecule has 0 aliphatic carbocycles. The Labute approximate surface area is 66.7 Å². The van der Waals surface area contributed by atoms with Gasteiger partial charge in [-0.05, 0) is 5.92 Å². The van der Waals surface area contributed by atoms with E-state index in [0.717, 1.165) is 0 Å².